The number of sulfonamides is 2. The van der Waals surface area contributed by atoms with E-state index in [0.29, 0.717) is 0 Å². The standard InChI is InChI=1S/C8H21N3O4S2/c1-4-16(12,13)10-5-6-17(14,15)11-7-8(2)9-3/h8-11H,4-7H2,1-3H3. The molecule has 0 bridgehead atoms. The third-order valence-corrected chi connectivity index (χ3v) is 4.93. The molecule has 3 N–H and O–H groups in total. The van der Waals surface area contributed by atoms with Gasteiger partial charge in [-0.25, -0.2) is 26.3 Å². The van der Waals surface area contributed by atoms with Crippen molar-refractivity contribution in [2.75, 3.05) is 31.6 Å². The van der Waals surface area contributed by atoms with Crippen LogP contribution in [-0.4, -0.2) is 54.5 Å². The molecule has 0 aromatic carbocycles. The van der Waals surface area contributed by atoms with Crippen molar-refractivity contribution in [2.24, 2.45) is 0 Å². The average molecular weight is 287 g/mol. The fourth-order valence-electron chi connectivity index (χ4n) is 0.860. The maximum Gasteiger partial charge on any atom is 0.212 e. The largest absolute Gasteiger partial charge is 0.316 e. The first kappa shape index (κ1) is 16.8. The smallest absolute Gasteiger partial charge is 0.212 e. The monoisotopic (exact) mass is 287 g/mol. The van der Waals surface area contributed by atoms with Crippen LogP contribution in [0, 0.1) is 0 Å². The molecule has 0 amide bonds. The lowest BCUT2D eigenvalue weighted by Crippen LogP contribution is -2.40. The first-order chi connectivity index (χ1) is 7.72. The van der Waals surface area contributed by atoms with Gasteiger partial charge in [0.1, 0.15) is 0 Å². The van der Waals surface area contributed by atoms with Crippen LogP contribution in [0.1, 0.15) is 13.8 Å². The van der Waals surface area contributed by atoms with Crippen LogP contribution in [0.5, 0.6) is 0 Å². The highest BCUT2D eigenvalue weighted by Crippen LogP contribution is 1.87. The van der Waals surface area contributed by atoms with Gasteiger partial charge < -0.3 is 5.32 Å². The molecule has 1 atom stereocenters. The normalized spacial score (nSPS) is 14.8. The molecule has 0 saturated carbocycles. The summed E-state index contributed by atoms with van der Waals surface area (Å²) in [6, 6.07) is 0.0251. The summed E-state index contributed by atoms with van der Waals surface area (Å²) < 4.78 is 49.6. The zero-order valence-corrected chi connectivity index (χ0v) is 12.0. The number of likely N-dealkylation sites (N-methyl/N-ethyl adjacent to an activating group) is 1. The van der Waals surface area contributed by atoms with Crippen molar-refractivity contribution in [3.05, 3.63) is 0 Å². The molecular formula is C8H21N3O4S2. The van der Waals surface area contributed by atoms with E-state index < -0.39 is 20.0 Å². The molecule has 0 aliphatic rings. The van der Waals surface area contributed by atoms with Crippen molar-refractivity contribution >= 4 is 20.0 Å². The maximum absolute atomic E-state index is 11.5. The summed E-state index contributed by atoms with van der Waals surface area (Å²) in [4.78, 5) is 0. The molecule has 17 heavy (non-hydrogen) atoms. The Labute approximate surface area is 103 Å². The van der Waals surface area contributed by atoms with E-state index in [9.17, 15) is 16.8 Å². The Morgan fingerprint density at radius 3 is 2.12 bits per heavy atom. The van der Waals surface area contributed by atoms with E-state index >= 15 is 0 Å². The molecule has 0 aliphatic heterocycles. The molecule has 7 nitrogen and oxygen atoms in total. The molecule has 1 unspecified atom stereocenters. The highest BCUT2D eigenvalue weighted by Gasteiger charge is 2.13. The topological polar surface area (TPSA) is 104 Å². The lowest BCUT2D eigenvalue weighted by Gasteiger charge is -2.12. The maximum atomic E-state index is 11.5. The summed E-state index contributed by atoms with van der Waals surface area (Å²) in [6.45, 7) is 3.49. The highest BCUT2D eigenvalue weighted by atomic mass is 32.2. The van der Waals surface area contributed by atoms with Crippen molar-refractivity contribution in [3.63, 3.8) is 0 Å². The summed E-state index contributed by atoms with van der Waals surface area (Å²) in [5.74, 6) is -0.320. The van der Waals surface area contributed by atoms with E-state index in [1.54, 1.807) is 7.05 Å². The van der Waals surface area contributed by atoms with Crippen LogP contribution < -0.4 is 14.8 Å². The van der Waals surface area contributed by atoms with Crippen molar-refractivity contribution in [1.82, 2.24) is 14.8 Å². The van der Waals surface area contributed by atoms with Gasteiger partial charge in [0, 0.05) is 19.1 Å². The molecule has 0 heterocycles. The van der Waals surface area contributed by atoms with Crippen molar-refractivity contribution in [1.29, 1.82) is 0 Å². The number of hydrogen-bond donors (Lipinski definition) is 3. The minimum Gasteiger partial charge on any atom is -0.316 e. The molecule has 104 valence electrons. The molecule has 0 aromatic rings. The van der Waals surface area contributed by atoms with Gasteiger partial charge >= 0.3 is 0 Å². The predicted octanol–water partition coefficient (Wildman–Crippen LogP) is -1.55. The lowest BCUT2D eigenvalue weighted by atomic mass is 10.4. The Bertz CT molecular complexity index is 404. The quantitative estimate of drug-likeness (QED) is 0.476. The molecule has 0 saturated heterocycles. The van der Waals surface area contributed by atoms with Crippen LogP contribution in [0.15, 0.2) is 0 Å². The Balaban J connectivity index is 4.03. The fraction of sp³-hybridized carbons (Fsp3) is 1.00. The van der Waals surface area contributed by atoms with E-state index in [1.807, 2.05) is 6.92 Å². The fourth-order valence-corrected chi connectivity index (χ4v) is 2.63. The Morgan fingerprint density at radius 1 is 1.06 bits per heavy atom. The molecule has 0 radical (unpaired) electrons. The van der Waals surface area contributed by atoms with E-state index in [-0.39, 0.29) is 30.6 Å². The minimum absolute atomic E-state index is 0.0251. The van der Waals surface area contributed by atoms with Gasteiger partial charge in [-0.1, -0.05) is 0 Å². The van der Waals surface area contributed by atoms with Crippen molar-refractivity contribution < 1.29 is 16.8 Å². The number of hydrogen-bond acceptors (Lipinski definition) is 5. The molecule has 0 spiro atoms. The van der Waals surface area contributed by atoms with E-state index in [2.05, 4.69) is 14.8 Å². The molecular weight excluding hydrogens is 266 g/mol. The van der Waals surface area contributed by atoms with Gasteiger partial charge in [0.05, 0.1) is 11.5 Å². The van der Waals surface area contributed by atoms with Gasteiger partial charge in [0.2, 0.25) is 20.0 Å². The summed E-state index contributed by atoms with van der Waals surface area (Å²) in [7, 11) is -5.04. The summed E-state index contributed by atoms with van der Waals surface area (Å²) in [5.41, 5.74) is 0. The molecule has 0 fully saturated rings. The lowest BCUT2D eigenvalue weighted by molar-refractivity contribution is 0.553. The van der Waals surface area contributed by atoms with Gasteiger partial charge in [0.15, 0.2) is 0 Å². The molecule has 0 rings (SSSR count). The van der Waals surface area contributed by atoms with E-state index in [0.717, 1.165) is 0 Å². The Morgan fingerprint density at radius 2 is 1.65 bits per heavy atom. The van der Waals surface area contributed by atoms with Crippen LogP contribution >= 0.6 is 0 Å². The minimum atomic E-state index is -3.43. The summed E-state index contributed by atoms with van der Waals surface area (Å²) in [6.07, 6.45) is 0. The Kier molecular flexibility index (Phi) is 7.17. The van der Waals surface area contributed by atoms with Gasteiger partial charge in [-0.2, -0.15) is 0 Å². The first-order valence-corrected chi connectivity index (χ1v) is 8.65. The van der Waals surface area contributed by atoms with Crippen LogP contribution in [0.25, 0.3) is 0 Å². The van der Waals surface area contributed by atoms with Crippen molar-refractivity contribution in [2.45, 2.75) is 19.9 Å². The second kappa shape index (κ2) is 7.27. The van der Waals surface area contributed by atoms with Crippen LogP contribution in [0.4, 0.5) is 0 Å². The summed E-state index contributed by atoms with van der Waals surface area (Å²) >= 11 is 0. The van der Waals surface area contributed by atoms with Gasteiger partial charge in [-0.05, 0) is 20.9 Å². The number of rotatable bonds is 9. The highest BCUT2D eigenvalue weighted by molar-refractivity contribution is 7.90. The molecule has 9 heteroatoms. The van der Waals surface area contributed by atoms with Crippen molar-refractivity contribution in [3.8, 4) is 0 Å². The zero-order chi connectivity index (χ0) is 13.5. The molecule has 0 aliphatic carbocycles. The second-order valence-electron chi connectivity index (χ2n) is 3.65. The van der Waals surface area contributed by atoms with Gasteiger partial charge in [-0.3, -0.25) is 0 Å². The SMILES string of the molecule is CCS(=O)(=O)NCCS(=O)(=O)NCC(C)NC. The summed E-state index contributed by atoms with van der Waals surface area (Å²) in [5, 5.41) is 2.89. The average Bonchev–Trinajstić information content (AvgIpc) is 2.25. The van der Waals surface area contributed by atoms with Crippen LogP contribution in [0.3, 0.4) is 0 Å². The predicted molar refractivity (Wildman–Crippen MR) is 67.8 cm³/mol. The van der Waals surface area contributed by atoms with Crippen LogP contribution in [-0.2, 0) is 20.0 Å². The third kappa shape index (κ3) is 8.50. The third-order valence-electron chi connectivity index (χ3n) is 2.18. The van der Waals surface area contributed by atoms with Crippen LogP contribution in [0.2, 0.25) is 0 Å². The van der Waals surface area contributed by atoms with Gasteiger partial charge in [0.25, 0.3) is 0 Å². The zero-order valence-electron chi connectivity index (χ0n) is 10.4. The second-order valence-corrected chi connectivity index (χ2v) is 7.68. The number of nitrogens with one attached hydrogen (secondary N) is 3. The van der Waals surface area contributed by atoms with E-state index in [4.69, 9.17) is 0 Å². The Hall–Kier alpha value is -0.220. The molecule has 0 aromatic heterocycles. The van der Waals surface area contributed by atoms with E-state index in [1.165, 1.54) is 6.92 Å². The first-order valence-electron chi connectivity index (χ1n) is 5.34. The van der Waals surface area contributed by atoms with Gasteiger partial charge in [-0.15, -0.1) is 0 Å².